The van der Waals surface area contributed by atoms with E-state index >= 15 is 0 Å². The van der Waals surface area contributed by atoms with Crippen molar-refractivity contribution in [2.75, 3.05) is 25.2 Å². The van der Waals surface area contributed by atoms with Crippen LogP contribution < -0.4 is 5.73 Å². The fourth-order valence-electron chi connectivity index (χ4n) is 1.28. The van der Waals surface area contributed by atoms with Crippen LogP contribution in [0.25, 0.3) is 0 Å². The number of esters is 2. The number of ether oxygens (including phenoxy) is 2. The summed E-state index contributed by atoms with van der Waals surface area (Å²) < 4.78 is 9.48. The van der Waals surface area contributed by atoms with Gasteiger partial charge in [-0.05, 0) is 25.1 Å². The number of hydrogen-bond donors (Lipinski definition) is 1. The van der Waals surface area contributed by atoms with Gasteiger partial charge in [-0.1, -0.05) is 0 Å². The topological polar surface area (TPSA) is 78.6 Å². The van der Waals surface area contributed by atoms with E-state index in [2.05, 4.69) is 4.74 Å². The van der Waals surface area contributed by atoms with Gasteiger partial charge >= 0.3 is 11.9 Å². The summed E-state index contributed by atoms with van der Waals surface area (Å²) in [4.78, 5) is 23.4. The summed E-state index contributed by atoms with van der Waals surface area (Å²) >= 11 is 1.22. The molecule has 2 N–H and O–H groups in total. The number of carbonyl (C=O) groups is 2. The third kappa shape index (κ3) is 3.96. The Hall–Kier alpha value is -1.69. The molecule has 0 radical (unpaired) electrons. The van der Waals surface area contributed by atoms with Gasteiger partial charge in [0.15, 0.2) is 0 Å². The zero-order valence-corrected chi connectivity index (χ0v) is 11.1. The number of carbonyl (C=O) groups excluding carboxylic acids is 2. The van der Waals surface area contributed by atoms with Crippen LogP contribution in [0.1, 0.15) is 17.3 Å². The highest BCUT2D eigenvalue weighted by Gasteiger charge is 2.14. The molecule has 0 atom stereocenters. The lowest BCUT2D eigenvalue weighted by Gasteiger charge is -2.08. The Labute approximate surface area is 110 Å². The second kappa shape index (κ2) is 6.90. The van der Waals surface area contributed by atoms with Crippen molar-refractivity contribution >= 4 is 29.4 Å². The van der Waals surface area contributed by atoms with E-state index < -0.39 is 5.97 Å². The fraction of sp³-hybridized carbons (Fsp3) is 0.333. The molecule has 5 nitrogen and oxygen atoms in total. The lowest BCUT2D eigenvalue weighted by atomic mass is 10.2. The summed E-state index contributed by atoms with van der Waals surface area (Å²) in [6, 6.07) is 4.88. The highest BCUT2D eigenvalue weighted by molar-refractivity contribution is 8.00. The van der Waals surface area contributed by atoms with Crippen molar-refractivity contribution in [2.24, 2.45) is 0 Å². The highest BCUT2D eigenvalue weighted by atomic mass is 32.2. The molecule has 0 saturated carbocycles. The zero-order valence-electron chi connectivity index (χ0n) is 10.3. The zero-order chi connectivity index (χ0) is 13.5. The molecule has 1 rings (SSSR count). The van der Waals surface area contributed by atoms with E-state index in [9.17, 15) is 9.59 Å². The van der Waals surface area contributed by atoms with Crippen molar-refractivity contribution in [1.29, 1.82) is 0 Å². The molecule has 0 fully saturated rings. The van der Waals surface area contributed by atoms with Gasteiger partial charge in [0, 0.05) is 10.6 Å². The van der Waals surface area contributed by atoms with E-state index in [-0.39, 0.29) is 11.7 Å². The number of benzene rings is 1. The van der Waals surface area contributed by atoms with Crippen LogP contribution in [-0.4, -0.2) is 31.4 Å². The first kappa shape index (κ1) is 14.4. The van der Waals surface area contributed by atoms with E-state index in [1.165, 1.54) is 24.9 Å². The summed E-state index contributed by atoms with van der Waals surface area (Å²) in [5, 5.41) is 0. The summed E-state index contributed by atoms with van der Waals surface area (Å²) in [6.07, 6.45) is 0. The lowest BCUT2D eigenvalue weighted by molar-refractivity contribution is -0.139. The minimum Gasteiger partial charge on any atom is -0.465 e. The van der Waals surface area contributed by atoms with Crippen molar-refractivity contribution in [2.45, 2.75) is 11.8 Å². The number of nitrogens with two attached hydrogens (primary N) is 1. The van der Waals surface area contributed by atoms with E-state index in [0.29, 0.717) is 22.8 Å². The Kier molecular flexibility index (Phi) is 5.51. The van der Waals surface area contributed by atoms with Crippen LogP contribution in [0.3, 0.4) is 0 Å². The number of rotatable bonds is 5. The largest absolute Gasteiger partial charge is 0.465 e. The number of methoxy groups -OCH3 is 1. The number of anilines is 1. The smallest absolute Gasteiger partial charge is 0.339 e. The van der Waals surface area contributed by atoms with E-state index in [4.69, 9.17) is 10.5 Å². The van der Waals surface area contributed by atoms with Gasteiger partial charge < -0.3 is 15.2 Å². The molecule has 0 spiro atoms. The Morgan fingerprint density at radius 3 is 2.72 bits per heavy atom. The fourth-order valence-corrected chi connectivity index (χ4v) is 2.10. The third-order valence-corrected chi connectivity index (χ3v) is 3.11. The average molecular weight is 269 g/mol. The van der Waals surface area contributed by atoms with Gasteiger partial charge in [-0.3, -0.25) is 4.79 Å². The summed E-state index contributed by atoms with van der Waals surface area (Å²) in [5.41, 5.74) is 6.44. The molecule has 6 heteroatoms. The molecule has 0 unspecified atom stereocenters. The van der Waals surface area contributed by atoms with E-state index in [1.807, 2.05) is 0 Å². The highest BCUT2D eigenvalue weighted by Crippen LogP contribution is 2.25. The number of nitrogen functional groups attached to an aromatic ring is 1. The first-order chi connectivity index (χ1) is 8.58. The van der Waals surface area contributed by atoms with Crippen LogP contribution >= 0.6 is 11.8 Å². The molecule has 0 aliphatic heterocycles. The van der Waals surface area contributed by atoms with Gasteiger partial charge in [-0.2, -0.15) is 0 Å². The molecule has 0 heterocycles. The Bertz CT molecular complexity index is 448. The first-order valence-electron chi connectivity index (χ1n) is 5.34. The maximum Gasteiger partial charge on any atom is 0.339 e. The van der Waals surface area contributed by atoms with Crippen molar-refractivity contribution in [3.63, 3.8) is 0 Å². The predicted molar refractivity (Wildman–Crippen MR) is 69.6 cm³/mol. The summed E-state index contributed by atoms with van der Waals surface area (Å²) in [6.45, 7) is 2.08. The Morgan fingerprint density at radius 2 is 2.11 bits per heavy atom. The van der Waals surface area contributed by atoms with Gasteiger partial charge in [0.25, 0.3) is 0 Å². The van der Waals surface area contributed by atoms with Gasteiger partial charge in [-0.25, -0.2) is 4.79 Å². The van der Waals surface area contributed by atoms with Crippen LogP contribution in [0.2, 0.25) is 0 Å². The SMILES string of the molecule is CCOC(=O)CSc1ccc(N)cc1C(=O)OC. The number of thioether (sulfide) groups is 1. The minimum atomic E-state index is -0.478. The third-order valence-electron chi connectivity index (χ3n) is 2.06. The van der Waals surface area contributed by atoms with Crippen LogP contribution in [0.4, 0.5) is 5.69 Å². The molecular formula is C12H15NO4S. The van der Waals surface area contributed by atoms with Gasteiger partial charge in [0.1, 0.15) is 0 Å². The first-order valence-corrected chi connectivity index (χ1v) is 6.33. The molecular weight excluding hydrogens is 254 g/mol. The monoisotopic (exact) mass is 269 g/mol. The summed E-state index contributed by atoms with van der Waals surface area (Å²) in [7, 11) is 1.30. The van der Waals surface area contributed by atoms with Crippen molar-refractivity contribution in [3.8, 4) is 0 Å². The summed E-state index contributed by atoms with van der Waals surface area (Å²) in [5.74, 6) is -0.661. The molecule has 18 heavy (non-hydrogen) atoms. The van der Waals surface area contributed by atoms with Crippen LogP contribution in [0.5, 0.6) is 0 Å². The molecule has 0 aliphatic carbocycles. The molecule has 0 amide bonds. The molecule has 0 bridgehead atoms. The minimum absolute atomic E-state index is 0.141. The standard InChI is InChI=1S/C12H15NO4S/c1-3-17-11(14)7-18-10-5-4-8(13)6-9(10)12(15)16-2/h4-6H,3,7,13H2,1-2H3. The van der Waals surface area contributed by atoms with Crippen molar-refractivity contribution < 1.29 is 19.1 Å². The van der Waals surface area contributed by atoms with Gasteiger partial charge in [0.2, 0.25) is 0 Å². The van der Waals surface area contributed by atoms with Crippen LogP contribution in [-0.2, 0) is 14.3 Å². The maximum atomic E-state index is 11.5. The van der Waals surface area contributed by atoms with Crippen LogP contribution in [0, 0.1) is 0 Å². The van der Waals surface area contributed by atoms with Crippen molar-refractivity contribution in [3.05, 3.63) is 23.8 Å². The molecule has 0 saturated heterocycles. The molecule has 1 aromatic carbocycles. The average Bonchev–Trinajstić information content (AvgIpc) is 2.36. The Morgan fingerprint density at radius 1 is 1.39 bits per heavy atom. The quantitative estimate of drug-likeness (QED) is 0.498. The normalized spacial score (nSPS) is 9.89. The predicted octanol–water partition coefficient (Wildman–Crippen LogP) is 1.71. The second-order valence-corrected chi connectivity index (χ2v) is 4.36. The van der Waals surface area contributed by atoms with Crippen molar-refractivity contribution in [1.82, 2.24) is 0 Å². The molecule has 98 valence electrons. The lowest BCUT2D eigenvalue weighted by Crippen LogP contribution is -2.08. The van der Waals surface area contributed by atoms with Crippen LogP contribution in [0.15, 0.2) is 23.1 Å². The maximum absolute atomic E-state index is 11.5. The second-order valence-electron chi connectivity index (χ2n) is 3.34. The molecule has 0 aromatic heterocycles. The number of hydrogen-bond acceptors (Lipinski definition) is 6. The molecule has 1 aromatic rings. The van der Waals surface area contributed by atoms with E-state index in [0.717, 1.165) is 0 Å². The Balaban J connectivity index is 2.81. The van der Waals surface area contributed by atoms with Gasteiger partial charge in [0.05, 0.1) is 25.0 Å². The molecule has 0 aliphatic rings. The van der Waals surface area contributed by atoms with Gasteiger partial charge in [-0.15, -0.1) is 11.8 Å². The van der Waals surface area contributed by atoms with E-state index in [1.54, 1.807) is 19.1 Å².